The Morgan fingerprint density at radius 1 is 1.19 bits per heavy atom. The second kappa shape index (κ2) is 8.98. The molecule has 0 radical (unpaired) electrons. The lowest BCUT2D eigenvalue weighted by Crippen LogP contribution is -2.36. The van der Waals surface area contributed by atoms with Gasteiger partial charge in [0.25, 0.3) is 5.56 Å². The number of rotatable bonds is 8. The van der Waals surface area contributed by atoms with Gasteiger partial charge in [-0.2, -0.15) is 5.10 Å². The molecule has 0 saturated heterocycles. The Balaban J connectivity index is 1.97. The monoisotopic (exact) mass is 383 g/mol. The van der Waals surface area contributed by atoms with Crippen LogP contribution in [0.1, 0.15) is 39.2 Å². The zero-order valence-electron chi connectivity index (χ0n) is 15.2. The third kappa shape index (κ3) is 5.42. The Morgan fingerprint density at radius 2 is 1.96 bits per heavy atom. The smallest absolute Gasteiger partial charge is 0.289 e. The van der Waals surface area contributed by atoms with Crippen LogP contribution in [0.15, 0.2) is 29.3 Å². The van der Waals surface area contributed by atoms with Crippen LogP contribution in [0.2, 0.25) is 5.02 Å². The molecule has 6 nitrogen and oxygen atoms in total. The van der Waals surface area contributed by atoms with Gasteiger partial charge in [-0.15, -0.1) is 0 Å². The first-order chi connectivity index (χ1) is 12.3. The maximum absolute atomic E-state index is 12.3. The third-order valence-corrected chi connectivity index (χ3v) is 3.84. The lowest BCUT2D eigenvalue weighted by atomic mass is 10.1. The van der Waals surface area contributed by atoms with E-state index in [0.29, 0.717) is 25.3 Å². The Labute approximate surface area is 156 Å². The molecule has 2 aromatic heterocycles. The van der Waals surface area contributed by atoms with Crippen molar-refractivity contribution in [1.82, 2.24) is 14.8 Å². The maximum atomic E-state index is 12.3. The molecule has 0 N–H and O–H groups in total. The lowest BCUT2D eigenvalue weighted by molar-refractivity contribution is 0.283. The van der Waals surface area contributed by atoms with E-state index in [2.05, 4.69) is 10.1 Å². The summed E-state index contributed by atoms with van der Waals surface area (Å²) in [6.07, 6.45) is 4.18. The number of aromatic nitrogens is 3. The molecule has 8 heteroatoms. The van der Waals surface area contributed by atoms with Crippen molar-refractivity contribution in [2.45, 2.75) is 45.8 Å². The van der Waals surface area contributed by atoms with Gasteiger partial charge in [0.15, 0.2) is 10.8 Å². The van der Waals surface area contributed by atoms with Crippen molar-refractivity contribution >= 4 is 11.6 Å². The standard InChI is InChI=1S/C18H23ClFN3O3/c1-18(2,3)23-17(24)16(19)14(11-22-23)26-12-13-6-7-15(21-10-13)25-9-5-4-8-20/h6-7,10-11H,4-5,8-9,12H2,1-3H3. The van der Waals surface area contributed by atoms with E-state index in [4.69, 9.17) is 21.1 Å². The van der Waals surface area contributed by atoms with Crippen LogP contribution < -0.4 is 15.0 Å². The second-order valence-corrected chi connectivity index (χ2v) is 7.13. The number of unbranched alkanes of at least 4 members (excludes halogenated alkanes) is 1. The maximum Gasteiger partial charge on any atom is 0.289 e. The summed E-state index contributed by atoms with van der Waals surface area (Å²) in [6.45, 7) is 5.87. The number of nitrogens with zero attached hydrogens (tertiary/aromatic N) is 3. The molecular formula is C18H23ClFN3O3. The van der Waals surface area contributed by atoms with E-state index in [-0.39, 0.29) is 24.1 Å². The average Bonchev–Trinajstić information content (AvgIpc) is 2.60. The summed E-state index contributed by atoms with van der Waals surface area (Å²) in [5, 5.41) is 4.11. The largest absolute Gasteiger partial charge is 0.485 e. The van der Waals surface area contributed by atoms with Gasteiger partial charge in [-0.25, -0.2) is 9.67 Å². The van der Waals surface area contributed by atoms with Gasteiger partial charge in [0, 0.05) is 17.8 Å². The summed E-state index contributed by atoms with van der Waals surface area (Å²) < 4.78 is 24.3. The topological polar surface area (TPSA) is 66.2 Å². The second-order valence-electron chi connectivity index (χ2n) is 6.75. The molecular weight excluding hydrogens is 361 g/mol. The normalized spacial score (nSPS) is 11.4. The lowest BCUT2D eigenvalue weighted by Gasteiger charge is -2.21. The van der Waals surface area contributed by atoms with Crippen LogP contribution in [-0.4, -0.2) is 28.0 Å². The van der Waals surface area contributed by atoms with Gasteiger partial charge in [-0.3, -0.25) is 9.18 Å². The quantitative estimate of drug-likeness (QED) is 0.649. The van der Waals surface area contributed by atoms with E-state index in [1.807, 2.05) is 20.8 Å². The molecule has 0 aliphatic carbocycles. The van der Waals surface area contributed by atoms with E-state index >= 15 is 0 Å². The van der Waals surface area contributed by atoms with Crippen LogP contribution in [0.25, 0.3) is 0 Å². The van der Waals surface area contributed by atoms with Gasteiger partial charge in [0.2, 0.25) is 5.88 Å². The Hall–Kier alpha value is -2.15. The minimum absolute atomic E-state index is 0.00398. The van der Waals surface area contributed by atoms with E-state index < -0.39 is 11.1 Å². The van der Waals surface area contributed by atoms with Crippen LogP contribution in [0.3, 0.4) is 0 Å². The zero-order valence-corrected chi connectivity index (χ0v) is 15.9. The molecule has 142 valence electrons. The number of halogens is 2. The Kier molecular flexibility index (Phi) is 6.97. The number of alkyl halides is 1. The van der Waals surface area contributed by atoms with Crippen molar-refractivity contribution < 1.29 is 13.9 Å². The van der Waals surface area contributed by atoms with Gasteiger partial charge < -0.3 is 9.47 Å². The summed E-state index contributed by atoms with van der Waals surface area (Å²) in [5.41, 5.74) is -0.0765. The molecule has 0 bridgehead atoms. The predicted octanol–water partition coefficient (Wildman–Crippen LogP) is 3.75. The summed E-state index contributed by atoms with van der Waals surface area (Å²) in [4.78, 5) is 16.4. The van der Waals surface area contributed by atoms with Crippen LogP contribution in [0.5, 0.6) is 11.6 Å². The van der Waals surface area contributed by atoms with Gasteiger partial charge in [-0.05, 0) is 39.7 Å². The first kappa shape index (κ1) is 20.2. The fourth-order valence-corrected chi connectivity index (χ4v) is 2.30. The molecule has 0 atom stereocenters. The van der Waals surface area contributed by atoms with Crippen LogP contribution >= 0.6 is 11.6 Å². The molecule has 0 amide bonds. The minimum atomic E-state index is -0.469. The van der Waals surface area contributed by atoms with Gasteiger partial charge >= 0.3 is 0 Å². The molecule has 0 saturated carbocycles. The number of pyridine rings is 1. The number of hydrogen-bond acceptors (Lipinski definition) is 5. The highest BCUT2D eigenvalue weighted by molar-refractivity contribution is 6.31. The van der Waals surface area contributed by atoms with E-state index in [1.54, 1.807) is 18.3 Å². The van der Waals surface area contributed by atoms with Crippen molar-refractivity contribution in [3.05, 3.63) is 45.5 Å². The van der Waals surface area contributed by atoms with Gasteiger partial charge in [0.05, 0.1) is 25.0 Å². The van der Waals surface area contributed by atoms with Crippen molar-refractivity contribution in [3.63, 3.8) is 0 Å². The van der Waals surface area contributed by atoms with E-state index in [1.165, 1.54) is 10.9 Å². The number of hydrogen-bond donors (Lipinski definition) is 0. The summed E-state index contributed by atoms with van der Waals surface area (Å²) in [7, 11) is 0. The first-order valence-electron chi connectivity index (χ1n) is 8.37. The highest BCUT2D eigenvalue weighted by Gasteiger charge is 2.20. The van der Waals surface area contributed by atoms with Crippen molar-refractivity contribution in [1.29, 1.82) is 0 Å². The van der Waals surface area contributed by atoms with Gasteiger partial charge in [0.1, 0.15) is 6.61 Å². The molecule has 2 aromatic rings. The van der Waals surface area contributed by atoms with E-state index in [9.17, 15) is 9.18 Å². The fraction of sp³-hybridized carbons (Fsp3) is 0.500. The third-order valence-electron chi connectivity index (χ3n) is 3.49. The number of ether oxygens (including phenoxy) is 2. The summed E-state index contributed by atoms with van der Waals surface area (Å²) in [5.74, 6) is 0.698. The Bertz CT molecular complexity index is 773. The van der Waals surface area contributed by atoms with Gasteiger partial charge in [-0.1, -0.05) is 11.6 Å². The highest BCUT2D eigenvalue weighted by atomic mass is 35.5. The first-order valence-corrected chi connectivity index (χ1v) is 8.75. The van der Waals surface area contributed by atoms with Crippen molar-refractivity contribution in [2.24, 2.45) is 0 Å². The molecule has 0 unspecified atom stereocenters. The minimum Gasteiger partial charge on any atom is -0.485 e. The molecule has 2 rings (SSSR count). The van der Waals surface area contributed by atoms with Crippen LogP contribution in [0.4, 0.5) is 4.39 Å². The molecule has 0 aromatic carbocycles. The SMILES string of the molecule is CC(C)(C)n1ncc(OCc2ccc(OCCCCF)nc2)c(Cl)c1=O. The Morgan fingerprint density at radius 3 is 2.58 bits per heavy atom. The zero-order chi connectivity index (χ0) is 19.2. The van der Waals surface area contributed by atoms with Crippen LogP contribution in [-0.2, 0) is 12.1 Å². The molecule has 2 heterocycles. The molecule has 0 spiro atoms. The molecule has 26 heavy (non-hydrogen) atoms. The highest BCUT2D eigenvalue weighted by Crippen LogP contribution is 2.22. The fourth-order valence-electron chi connectivity index (χ4n) is 2.11. The van der Waals surface area contributed by atoms with E-state index in [0.717, 1.165) is 5.56 Å². The summed E-state index contributed by atoms with van der Waals surface area (Å²) >= 11 is 6.12. The predicted molar refractivity (Wildman–Crippen MR) is 97.8 cm³/mol. The summed E-state index contributed by atoms with van der Waals surface area (Å²) in [6, 6.07) is 3.51. The molecule has 0 fully saturated rings. The van der Waals surface area contributed by atoms with Crippen LogP contribution in [0, 0.1) is 0 Å². The molecule has 0 aliphatic rings. The average molecular weight is 384 g/mol. The molecule has 0 aliphatic heterocycles. The van der Waals surface area contributed by atoms with Crippen molar-refractivity contribution in [3.8, 4) is 11.6 Å². The van der Waals surface area contributed by atoms with Crippen molar-refractivity contribution in [2.75, 3.05) is 13.3 Å².